The minimum absolute atomic E-state index is 0.331. The maximum Gasteiger partial charge on any atom is 0.310 e. The minimum atomic E-state index is -0.870. The quantitative estimate of drug-likeness (QED) is 0.566. The highest BCUT2D eigenvalue weighted by Gasteiger charge is 2.35. The molecule has 1 fully saturated rings. The Morgan fingerprint density at radius 2 is 2.19 bits per heavy atom. The van der Waals surface area contributed by atoms with Gasteiger partial charge in [-0.15, -0.1) is 0 Å². The molecule has 0 aromatic heterocycles. The molecule has 1 aliphatic rings. The standard InChI is InChI=1S/C10H19N3O3/c1-10(2,9(15)16)6-13-4-3-12-5-7(13)8(11)14/h7,12H,3-6H2,1-2H3,(H2,11,14)(H,15,16). The molecule has 16 heavy (non-hydrogen) atoms. The van der Waals surface area contributed by atoms with Crippen molar-refractivity contribution in [2.75, 3.05) is 26.2 Å². The van der Waals surface area contributed by atoms with E-state index in [1.807, 2.05) is 4.90 Å². The van der Waals surface area contributed by atoms with Crippen LogP contribution in [0.3, 0.4) is 0 Å². The number of primary amides is 1. The Morgan fingerprint density at radius 3 is 2.69 bits per heavy atom. The van der Waals surface area contributed by atoms with Gasteiger partial charge in [-0.2, -0.15) is 0 Å². The van der Waals surface area contributed by atoms with Gasteiger partial charge in [0.15, 0.2) is 0 Å². The number of hydrogen-bond donors (Lipinski definition) is 3. The van der Waals surface area contributed by atoms with E-state index in [9.17, 15) is 9.59 Å². The Bertz CT molecular complexity index is 291. The summed E-state index contributed by atoms with van der Waals surface area (Å²) in [7, 11) is 0. The number of rotatable bonds is 4. The van der Waals surface area contributed by atoms with Crippen LogP contribution in [0.5, 0.6) is 0 Å². The molecule has 0 spiro atoms. The van der Waals surface area contributed by atoms with Crippen LogP contribution in [0.2, 0.25) is 0 Å². The smallest absolute Gasteiger partial charge is 0.310 e. The number of carbonyl (C=O) groups excluding carboxylic acids is 1. The second-order valence-corrected chi connectivity index (χ2v) is 4.78. The van der Waals surface area contributed by atoms with Crippen molar-refractivity contribution >= 4 is 11.9 Å². The first-order valence-corrected chi connectivity index (χ1v) is 5.32. The van der Waals surface area contributed by atoms with Gasteiger partial charge in [0.2, 0.25) is 5.91 Å². The fourth-order valence-electron chi connectivity index (χ4n) is 1.79. The highest BCUT2D eigenvalue weighted by molar-refractivity contribution is 5.80. The Hall–Kier alpha value is -1.14. The lowest BCUT2D eigenvalue weighted by molar-refractivity contribution is -0.149. The first-order valence-electron chi connectivity index (χ1n) is 5.32. The number of piperazine rings is 1. The number of carbonyl (C=O) groups is 2. The maximum atomic E-state index is 11.2. The predicted octanol–water partition coefficient (Wildman–Crippen LogP) is -1.14. The zero-order chi connectivity index (χ0) is 12.3. The van der Waals surface area contributed by atoms with Crippen LogP contribution < -0.4 is 11.1 Å². The summed E-state index contributed by atoms with van der Waals surface area (Å²) in [6.07, 6.45) is 0. The summed E-state index contributed by atoms with van der Waals surface area (Å²) in [4.78, 5) is 24.1. The van der Waals surface area contributed by atoms with E-state index in [0.717, 1.165) is 6.54 Å². The first-order chi connectivity index (χ1) is 7.34. The van der Waals surface area contributed by atoms with Crippen molar-refractivity contribution in [1.82, 2.24) is 10.2 Å². The fraction of sp³-hybridized carbons (Fsp3) is 0.800. The van der Waals surface area contributed by atoms with E-state index in [0.29, 0.717) is 19.6 Å². The molecule has 0 aromatic carbocycles. The van der Waals surface area contributed by atoms with Crippen LogP contribution in [-0.4, -0.2) is 54.1 Å². The molecule has 92 valence electrons. The molecular weight excluding hydrogens is 210 g/mol. The number of nitrogens with zero attached hydrogens (tertiary/aromatic N) is 1. The Balaban J connectivity index is 2.70. The SMILES string of the molecule is CC(C)(CN1CCNCC1C(N)=O)C(=O)O. The molecule has 1 unspecified atom stereocenters. The number of amides is 1. The summed E-state index contributed by atoms with van der Waals surface area (Å²) in [6.45, 7) is 5.51. The lowest BCUT2D eigenvalue weighted by atomic mass is 9.92. The third-order valence-corrected chi connectivity index (χ3v) is 2.86. The second-order valence-electron chi connectivity index (χ2n) is 4.78. The van der Waals surface area contributed by atoms with Gasteiger partial charge in [-0.05, 0) is 13.8 Å². The molecule has 0 aliphatic carbocycles. The molecule has 1 rings (SSSR count). The molecule has 0 radical (unpaired) electrons. The number of aliphatic carboxylic acids is 1. The van der Waals surface area contributed by atoms with Crippen LogP contribution in [-0.2, 0) is 9.59 Å². The van der Waals surface area contributed by atoms with E-state index in [-0.39, 0.29) is 0 Å². The van der Waals surface area contributed by atoms with Gasteiger partial charge in [-0.25, -0.2) is 0 Å². The van der Waals surface area contributed by atoms with E-state index >= 15 is 0 Å². The number of carboxylic acids is 1. The van der Waals surface area contributed by atoms with Crippen molar-refractivity contribution < 1.29 is 14.7 Å². The van der Waals surface area contributed by atoms with Crippen molar-refractivity contribution in [2.45, 2.75) is 19.9 Å². The number of hydrogen-bond acceptors (Lipinski definition) is 4. The monoisotopic (exact) mass is 229 g/mol. The molecule has 4 N–H and O–H groups in total. The Morgan fingerprint density at radius 1 is 1.56 bits per heavy atom. The molecule has 1 heterocycles. The van der Waals surface area contributed by atoms with Gasteiger partial charge >= 0.3 is 5.97 Å². The van der Waals surface area contributed by atoms with Gasteiger partial charge in [0, 0.05) is 26.2 Å². The van der Waals surface area contributed by atoms with Crippen molar-refractivity contribution in [1.29, 1.82) is 0 Å². The Labute approximate surface area is 94.8 Å². The summed E-state index contributed by atoms with van der Waals surface area (Å²) >= 11 is 0. The van der Waals surface area contributed by atoms with Crippen LogP contribution in [0.4, 0.5) is 0 Å². The molecule has 6 heteroatoms. The zero-order valence-corrected chi connectivity index (χ0v) is 9.69. The third kappa shape index (κ3) is 2.93. The van der Waals surface area contributed by atoms with E-state index in [4.69, 9.17) is 10.8 Å². The van der Waals surface area contributed by atoms with E-state index < -0.39 is 23.3 Å². The van der Waals surface area contributed by atoms with Gasteiger partial charge in [0.1, 0.15) is 6.04 Å². The average Bonchev–Trinajstić information content (AvgIpc) is 2.17. The van der Waals surface area contributed by atoms with Crippen molar-refractivity contribution in [3.8, 4) is 0 Å². The lowest BCUT2D eigenvalue weighted by Gasteiger charge is -2.37. The second kappa shape index (κ2) is 4.80. The van der Waals surface area contributed by atoms with Crippen molar-refractivity contribution in [3.05, 3.63) is 0 Å². The average molecular weight is 229 g/mol. The summed E-state index contributed by atoms with van der Waals surface area (Å²) < 4.78 is 0. The first kappa shape index (κ1) is 12.9. The highest BCUT2D eigenvalue weighted by Crippen LogP contribution is 2.19. The summed E-state index contributed by atoms with van der Waals surface area (Å²) in [6, 6.07) is -0.410. The summed E-state index contributed by atoms with van der Waals surface area (Å²) in [5.41, 5.74) is 4.41. The van der Waals surface area contributed by atoms with Crippen molar-refractivity contribution in [2.24, 2.45) is 11.1 Å². The molecule has 1 atom stereocenters. The molecular formula is C10H19N3O3. The van der Waals surface area contributed by atoms with E-state index in [2.05, 4.69) is 5.32 Å². The van der Waals surface area contributed by atoms with Gasteiger partial charge in [-0.1, -0.05) is 0 Å². The molecule has 0 aromatic rings. The van der Waals surface area contributed by atoms with Gasteiger partial charge < -0.3 is 16.2 Å². The molecule has 1 saturated heterocycles. The van der Waals surface area contributed by atoms with Gasteiger partial charge in [0.05, 0.1) is 5.41 Å². The third-order valence-electron chi connectivity index (χ3n) is 2.86. The van der Waals surface area contributed by atoms with Gasteiger partial charge in [-0.3, -0.25) is 14.5 Å². The summed E-state index contributed by atoms with van der Waals surface area (Å²) in [5, 5.41) is 12.1. The highest BCUT2D eigenvalue weighted by atomic mass is 16.4. The van der Waals surface area contributed by atoms with Gasteiger partial charge in [0.25, 0.3) is 0 Å². The topological polar surface area (TPSA) is 95.7 Å². The van der Waals surface area contributed by atoms with E-state index in [1.165, 1.54) is 0 Å². The van der Waals surface area contributed by atoms with Crippen LogP contribution in [0.25, 0.3) is 0 Å². The molecule has 1 aliphatic heterocycles. The molecule has 6 nitrogen and oxygen atoms in total. The molecule has 1 amide bonds. The number of carboxylic acid groups (broad SMARTS) is 1. The largest absolute Gasteiger partial charge is 0.481 e. The van der Waals surface area contributed by atoms with Crippen LogP contribution in [0.1, 0.15) is 13.8 Å². The number of nitrogens with two attached hydrogens (primary N) is 1. The van der Waals surface area contributed by atoms with Crippen LogP contribution >= 0.6 is 0 Å². The van der Waals surface area contributed by atoms with E-state index in [1.54, 1.807) is 13.8 Å². The number of nitrogens with one attached hydrogen (secondary N) is 1. The zero-order valence-electron chi connectivity index (χ0n) is 9.69. The van der Waals surface area contributed by atoms with Crippen LogP contribution in [0.15, 0.2) is 0 Å². The summed E-state index contributed by atoms with van der Waals surface area (Å²) in [5.74, 6) is -1.28. The fourth-order valence-corrected chi connectivity index (χ4v) is 1.79. The van der Waals surface area contributed by atoms with Crippen molar-refractivity contribution in [3.63, 3.8) is 0 Å². The predicted molar refractivity (Wildman–Crippen MR) is 58.8 cm³/mol. The maximum absolute atomic E-state index is 11.2. The minimum Gasteiger partial charge on any atom is -0.481 e. The Kier molecular flexibility index (Phi) is 3.88. The normalized spacial score (nSPS) is 23.0. The van der Waals surface area contributed by atoms with Crippen LogP contribution in [0, 0.1) is 5.41 Å². The molecule has 0 bridgehead atoms. The molecule has 0 saturated carbocycles. The lowest BCUT2D eigenvalue weighted by Crippen LogP contribution is -2.59.